The van der Waals surface area contributed by atoms with Crippen molar-refractivity contribution < 1.29 is 4.79 Å². The Labute approximate surface area is 115 Å². The van der Waals surface area contributed by atoms with Crippen molar-refractivity contribution >= 4 is 16.9 Å². The van der Waals surface area contributed by atoms with Crippen molar-refractivity contribution in [1.29, 1.82) is 0 Å². The molecule has 0 saturated heterocycles. The molecule has 3 rings (SSSR count). The highest BCUT2D eigenvalue weighted by atomic mass is 16.2. The third kappa shape index (κ3) is 2.09. The van der Waals surface area contributed by atoms with Gasteiger partial charge in [0.15, 0.2) is 5.65 Å². The van der Waals surface area contributed by atoms with Gasteiger partial charge in [-0.05, 0) is 33.6 Å². The highest BCUT2D eigenvalue weighted by Crippen LogP contribution is 2.28. The Bertz CT molecular complexity index is 733. The van der Waals surface area contributed by atoms with E-state index >= 15 is 0 Å². The van der Waals surface area contributed by atoms with Crippen molar-refractivity contribution in [2.75, 3.05) is 5.43 Å². The molecule has 7 nitrogen and oxygen atoms in total. The molecule has 0 spiro atoms. The standard InChI is InChI=1S/C13H17N5O2/c1-13(2,3)18-10-9(6-15-18)12(20)17(7-14-10)16-11(19)8-4-5-8/h6-8H,4-5H2,1-3H3,(H,16,19). The molecule has 2 aromatic rings. The average molecular weight is 275 g/mol. The lowest BCUT2D eigenvalue weighted by atomic mass is 10.1. The van der Waals surface area contributed by atoms with Gasteiger partial charge >= 0.3 is 0 Å². The second-order valence-electron chi connectivity index (χ2n) is 6.13. The number of hydrogen-bond donors (Lipinski definition) is 1. The molecule has 1 amide bonds. The minimum atomic E-state index is -0.306. The maximum atomic E-state index is 12.3. The monoisotopic (exact) mass is 275 g/mol. The number of aromatic nitrogens is 4. The fourth-order valence-electron chi connectivity index (χ4n) is 2.04. The van der Waals surface area contributed by atoms with Crippen molar-refractivity contribution in [2.45, 2.75) is 39.2 Å². The summed E-state index contributed by atoms with van der Waals surface area (Å²) in [6.07, 6.45) is 4.61. The molecule has 0 radical (unpaired) electrons. The van der Waals surface area contributed by atoms with E-state index in [1.165, 1.54) is 12.5 Å². The van der Waals surface area contributed by atoms with Gasteiger partial charge < -0.3 is 0 Å². The quantitative estimate of drug-likeness (QED) is 0.880. The first-order chi connectivity index (χ1) is 9.38. The van der Waals surface area contributed by atoms with E-state index in [-0.39, 0.29) is 22.9 Å². The van der Waals surface area contributed by atoms with Crippen molar-refractivity contribution in [2.24, 2.45) is 5.92 Å². The lowest BCUT2D eigenvalue weighted by Gasteiger charge is -2.19. The smallest absolute Gasteiger partial charge is 0.273 e. The zero-order valence-corrected chi connectivity index (χ0v) is 11.8. The lowest BCUT2D eigenvalue weighted by molar-refractivity contribution is -0.118. The second-order valence-corrected chi connectivity index (χ2v) is 6.13. The van der Waals surface area contributed by atoms with E-state index in [1.807, 2.05) is 20.8 Å². The van der Waals surface area contributed by atoms with Gasteiger partial charge in [0, 0.05) is 5.92 Å². The van der Waals surface area contributed by atoms with Crippen LogP contribution in [0.2, 0.25) is 0 Å². The van der Waals surface area contributed by atoms with Crippen LogP contribution in [-0.4, -0.2) is 25.3 Å². The van der Waals surface area contributed by atoms with Crippen LogP contribution in [0.15, 0.2) is 17.3 Å². The third-order valence-electron chi connectivity index (χ3n) is 3.30. The molecule has 0 aromatic carbocycles. The summed E-state index contributed by atoms with van der Waals surface area (Å²) in [5, 5.41) is 4.62. The number of amides is 1. The van der Waals surface area contributed by atoms with Crippen molar-refractivity contribution in [3.63, 3.8) is 0 Å². The van der Waals surface area contributed by atoms with Gasteiger partial charge in [-0.1, -0.05) is 0 Å². The zero-order chi connectivity index (χ0) is 14.5. The maximum absolute atomic E-state index is 12.3. The molecule has 1 aliphatic carbocycles. The SMILES string of the molecule is CC(C)(C)n1ncc2c(=O)n(NC(=O)C3CC3)cnc21. The van der Waals surface area contributed by atoms with Gasteiger partial charge in [-0.3, -0.25) is 15.0 Å². The lowest BCUT2D eigenvalue weighted by Crippen LogP contribution is -2.34. The molecule has 1 saturated carbocycles. The first-order valence-electron chi connectivity index (χ1n) is 6.64. The largest absolute Gasteiger partial charge is 0.283 e. The number of nitrogens with one attached hydrogen (secondary N) is 1. The van der Waals surface area contributed by atoms with Crippen LogP contribution in [0.1, 0.15) is 33.6 Å². The molecular formula is C13H17N5O2. The number of fused-ring (bicyclic) bond motifs is 1. The van der Waals surface area contributed by atoms with E-state index in [4.69, 9.17) is 0 Å². The van der Waals surface area contributed by atoms with E-state index in [2.05, 4.69) is 15.5 Å². The van der Waals surface area contributed by atoms with E-state index < -0.39 is 0 Å². The van der Waals surface area contributed by atoms with Crippen LogP contribution in [-0.2, 0) is 10.3 Å². The molecule has 1 aliphatic rings. The average Bonchev–Trinajstić information content (AvgIpc) is 3.10. The highest BCUT2D eigenvalue weighted by molar-refractivity contribution is 5.88. The molecule has 7 heteroatoms. The highest BCUT2D eigenvalue weighted by Gasteiger charge is 2.30. The van der Waals surface area contributed by atoms with Gasteiger partial charge in [-0.25, -0.2) is 14.3 Å². The van der Waals surface area contributed by atoms with Crippen LogP contribution >= 0.6 is 0 Å². The summed E-state index contributed by atoms with van der Waals surface area (Å²) in [6.45, 7) is 5.96. The summed E-state index contributed by atoms with van der Waals surface area (Å²) in [4.78, 5) is 28.3. The molecule has 2 heterocycles. The van der Waals surface area contributed by atoms with Crippen LogP contribution in [0.5, 0.6) is 0 Å². The first kappa shape index (κ1) is 12.8. The van der Waals surface area contributed by atoms with Gasteiger partial charge in [-0.2, -0.15) is 5.10 Å². The van der Waals surface area contributed by atoms with Crippen molar-refractivity contribution in [1.82, 2.24) is 19.4 Å². The summed E-state index contributed by atoms with van der Waals surface area (Å²) >= 11 is 0. The maximum Gasteiger partial charge on any atom is 0.283 e. The Morgan fingerprint density at radius 2 is 2.10 bits per heavy atom. The Kier molecular flexibility index (Phi) is 2.67. The minimum absolute atomic E-state index is 0.0369. The summed E-state index contributed by atoms with van der Waals surface area (Å²) in [7, 11) is 0. The Morgan fingerprint density at radius 1 is 1.40 bits per heavy atom. The van der Waals surface area contributed by atoms with Gasteiger partial charge in [0.05, 0.1) is 11.7 Å². The predicted molar refractivity (Wildman–Crippen MR) is 73.9 cm³/mol. The molecule has 1 fully saturated rings. The molecule has 0 unspecified atom stereocenters. The van der Waals surface area contributed by atoms with E-state index in [9.17, 15) is 9.59 Å². The van der Waals surface area contributed by atoms with Gasteiger partial charge in [0.25, 0.3) is 5.56 Å². The summed E-state index contributed by atoms with van der Waals surface area (Å²) in [5.74, 6) is -0.0913. The fraction of sp³-hybridized carbons (Fsp3) is 0.538. The molecule has 2 aromatic heterocycles. The van der Waals surface area contributed by atoms with Gasteiger partial charge in [0.2, 0.25) is 5.91 Å². The molecule has 106 valence electrons. The van der Waals surface area contributed by atoms with E-state index in [0.29, 0.717) is 11.0 Å². The van der Waals surface area contributed by atoms with Gasteiger partial charge in [-0.15, -0.1) is 0 Å². The number of nitrogens with zero attached hydrogens (tertiary/aromatic N) is 4. The van der Waals surface area contributed by atoms with Crippen molar-refractivity contribution in [3.8, 4) is 0 Å². The Balaban J connectivity index is 2.03. The van der Waals surface area contributed by atoms with Crippen LogP contribution in [0.4, 0.5) is 0 Å². The molecule has 1 N–H and O–H groups in total. The number of carbonyl (C=O) groups is 1. The molecular weight excluding hydrogens is 258 g/mol. The zero-order valence-electron chi connectivity index (χ0n) is 11.8. The first-order valence-corrected chi connectivity index (χ1v) is 6.64. The minimum Gasteiger partial charge on any atom is -0.273 e. The van der Waals surface area contributed by atoms with Crippen molar-refractivity contribution in [3.05, 3.63) is 22.9 Å². The van der Waals surface area contributed by atoms with Crippen LogP contribution in [0.3, 0.4) is 0 Å². The van der Waals surface area contributed by atoms with Gasteiger partial charge in [0.1, 0.15) is 11.7 Å². The normalized spacial score (nSPS) is 15.6. The fourth-order valence-corrected chi connectivity index (χ4v) is 2.04. The third-order valence-corrected chi connectivity index (χ3v) is 3.30. The second kappa shape index (κ2) is 4.16. The molecule has 0 bridgehead atoms. The topological polar surface area (TPSA) is 81.8 Å². The summed E-state index contributed by atoms with van der Waals surface area (Å²) < 4.78 is 2.84. The number of hydrogen-bond acceptors (Lipinski definition) is 4. The summed E-state index contributed by atoms with van der Waals surface area (Å²) in [5.41, 5.74) is 2.54. The number of rotatable bonds is 2. The molecule has 0 aliphatic heterocycles. The van der Waals surface area contributed by atoms with Crippen LogP contribution in [0.25, 0.3) is 11.0 Å². The Morgan fingerprint density at radius 3 is 2.70 bits per heavy atom. The van der Waals surface area contributed by atoms with Crippen LogP contribution in [0, 0.1) is 5.92 Å². The molecule has 20 heavy (non-hydrogen) atoms. The summed E-state index contributed by atoms with van der Waals surface area (Å²) in [6, 6.07) is 0. The predicted octanol–water partition coefficient (Wildman–Crippen LogP) is 0.828. The van der Waals surface area contributed by atoms with E-state index in [1.54, 1.807) is 4.68 Å². The Hall–Kier alpha value is -2.18. The molecule has 0 atom stereocenters. The number of carbonyl (C=O) groups excluding carboxylic acids is 1. The van der Waals surface area contributed by atoms with Crippen LogP contribution < -0.4 is 11.0 Å². The van der Waals surface area contributed by atoms with E-state index in [0.717, 1.165) is 17.5 Å².